The molecule has 0 aliphatic heterocycles. The molecule has 6 nitrogen and oxygen atoms in total. The fourth-order valence-electron chi connectivity index (χ4n) is 2.32. The Labute approximate surface area is 167 Å². The van der Waals surface area contributed by atoms with Gasteiger partial charge in [0.05, 0.1) is 22.7 Å². The second-order valence-electron chi connectivity index (χ2n) is 5.64. The fourth-order valence-corrected chi connectivity index (χ4v) is 4.11. The van der Waals surface area contributed by atoms with Gasteiger partial charge in [0, 0.05) is 10.9 Å². The molecule has 3 rings (SSSR count). The predicted molar refractivity (Wildman–Crippen MR) is 107 cm³/mol. The number of carbonyl (C=O) groups is 1. The Morgan fingerprint density at radius 2 is 1.96 bits per heavy atom. The summed E-state index contributed by atoms with van der Waals surface area (Å²) in [7, 11) is -3.78. The Bertz CT molecular complexity index is 1120. The van der Waals surface area contributed by atoms with E-state index in [0.29, 0.717) is 5.69 Å². The van der Waals surface area contributed by atoms with Crippen LogP contribution in [0.4, 0.5) is 0 Å². The highest BCUT2D eigenvalue weighted by molar-refractivity contribution is 7.89. The van der Waals surface area contributed by atoms with E-state index in [2.05, 4.69) is 15.6 Å². The topological polar surface area (TPSA) is 85.4 Å². The number of esters is 1. The number of carbonyl (C=O) groups excluding carboxylic acids is 1. The molecule has 0 spiro atoms. The minimum absolute atomic E-state index is 0.00547. The van der Waals surface area contributed by atoms with E-state index in [1.165, 1.54) is 35.6 Å². The second kappa shape index (κ2) is 8.80. The van der Waals surface area contributed by atoms with Crippen LogP contribution in [0.25, 0.3) is 10.6 Å². The predicted octanol–water partition coefficient (Wildman–Crippen LogP) is 3.08. The third kappa shape index (κ3) is 4.84. The maximum atomic E-state index is 12.3. The molecule has 3 aromatic rings. The van der Waals surface area contributed by atoms with Crippen LogP contribution in [-0.2, 0) is 21.4 Å². The van der Waals surface area contributed by atoms with Gasteiger partial charge in [-0.3, -0.25) is 0 Å². The van der Waals surface area contributed by atoms with Crippen LogP contribution in [0.3, 0.4) is 0 Å². The molecule has 0 amide bonds. The van der Waals surface area contributed by atoms with Crippen LogP contribution in [0.5, 0.6) is 0 Å². The lowest BCUT2D eigenvalue weighted by Gasteiger charge is -2.07. The smallest absolute Gasteiger partial charge is 0.338 e. The third-order valence-electron chi connectivity index (χ3n) is 3.67. The van der Waals surface area contributed by atoms with Crippen LogP contribution in [0.1, 0.15) is 16.1 Å². The Balaban J connectivity index is 1.67. The molecule has 8 heteroatoms. The Morgan fingerprint density at radius 3 is 2.71 bits per heavy atom. The minimum Gasteiger partial charge on any atom is -0.456 e. The molecule has 0 saturated heterocycles. The summed E-state index contributed by atoms with van der Waals surface area (Å²) in [5.74, 6) is 1.56. The fraction of sp³-hybridized carbons (Fsp3) is 0.100. The first-order valence-electron chi connectivity index (χ1n) is 8.20. The molecule has 0 aliphatic carbocycles. The summed E-state index contributed by atoms with van der Waals surface area (Å²) in [6.45, 7) is -0.140. The Kier molecular flexibility index (Phi) is 6.21. The molecule has 1 aromatic heterocycles. The molecule has 0 saturated carbocycles. The molecule has 2 aromatic carbocycles. The number of aromatic nitrogens is 1. The average molecular weight is 412 g/mol. The summed E-state index contributed by atoms with van der Waals surface area (Å²) in [5.41, 5.74) is 1.74. The maximum absolute atomic E-state index is 12.3. The van der Waals surface area contributed by atoms with Crippen LogP contribution >= 0.6 is 11.3 Å². The van der Waals surface area contributed by atoms with Crippen LogP contribution in [0, 0.1) is 12.3 Å². The second-order valence-corrected chi connectivity index (χ2v) is 8.27. The van der Waals surface area contributed by atoms with Gasteiger partial charge < -0.3 is 4.74 Å². The van der Waals surface area contributed by atoms with Crippen LogP contribution in [0.15, 0.2) is 64.9 Å². The molecule has 0 radical (unpaired) electrons. The number of rotatable bonds is 7. The minimum atomic E-state index is -3.78. The molecular weight excluding hydrogens is 396 g/mol. The summed E-state index contributed by atoms with van der Waals surface area (Å²) in [5, 5.41) is 2.65. The Hall–Kier alpha value is -2.99. The van der Waals surface area contributed by atoms with Crippen molar-refractivity contribution in [1.82, 2.24) is 9.71 Å². The number of thiazole rings is 1. The third-order valence-corrected chi connectivity index (χ3v) is 6.01. The van der Waals surface area contributed by atoms with E-state index >= 15 is 0 Å². The number of terminal acetylenes is 1. The first-order valence-corrected chi connectivity index (χ1v) is 10.6. The first kappa shape index (κ1) is 19.8. The van der Waals surface area contributed by atoms with Crippen molar-refractivity contribution in [2.45, 2.75) is 11.5 Å². The monoisotopic (exact) mass is 412 g/mol. The number of hydrogen-bond acceptors (Lipinski definition) is 6. The summed E-state index contributed by atoms with van der Waals surface area (Å²) >= 11 is 1.46. The first-order chi connectivity index (χ1) is 13.5. The van der Waals surface area contributed by atoms with Gasteiger partial charge in [-0.1, -0.05) is 42.3 Å². The molecule has 142 valence electrons. The van der Waals surface area contributed by atoms with Crippen molar-refractivity contribution in [2.24, 2.45) is 0 Å². The van der Waals surface area contributed by atoms with E-state index in [1.54, 1.807) is 0 Å². The van der Waals surface area contributed by atoms with Gasteiger partial charge in [-0.05, 0) is 18.2 Å². The summed E-state index contributed by atoms with van der Waals surface area (Å²) < 4.78 is 31.7. The van der Waals surface area contributed by atoms with Gasteiger partial charge in [-0.25, -0.2) is 18.2 Å². The lowest BCUT2D eigenvalue weighted by molar-refractivity contribution is 0.0468. The molecule has 0 bridgehead atoms. The highest BCUT2D eigenvalue weighted by Crippen LogP contribution is 2.23. The van der Waals surface area contributed by atoms with E-state index in [0.717, 1.165) is 10.6 Å². The quantitative estimate of drug-likeness (QED) is 0.476. The SMILES string of the molecule is C#CCNS(=O)(=O)c1cccc(C(=O)OCc2csc(-c3ccccc3)n2)c1. The van der Waals surface area contributed by atoms with Gasteiger partial charge in [0.15, 0.2) is 0 Å². The normalized spacial score (nSPS) is 11.0. The average Bonchev–Trinajstić information content (AvgIpc) is 3.20. The number of nitrogens with zero attached hydrogens (tertiary/aromatic N) is 1. The molecule has 0 atom stereocenters. The molecule has 0 unspecified atom stereocenters. The number of benzene rings is 2. The van der Waals surface area contributed by atoms with Crippen molar-refractivity contribution in [3.8, 4) is 22.9 Å². The highest BCUT2D eigenvalue weighted by Gasteiger charge is 2.16. The van der Waals surface area contributed by atoms with Crippen LogP contribution < -0.4 is 4.72 Å². The molecule has 1 N–H and O–H groups in total. The number of nitrogens with one attached hydrogen (secondary N) is 1. The van der Waals surface area contributed by atoms with E-state index in [1.807, 2.05) is 35.7 Å². The van der Waals surface area contributed by atoms with E-state index in [9.17, 15) is 13.2 Å². The molecule has 0 fully saturated rings. The zero-order chi connectivity index (χ0) is 20.0. The lowest BCUT2D eigenvalue weighted by Crippen LogP contribution is -2.24. The standard InChI is InChI=1S/C20H16N2O4S2/c1-2-11-21-28(24,25)18-10-6-9-16(12-18)20(23)26-13-17-14-27-19(22-17)15-7-4-3-5-8-15/h1,3-10,12,14,21H,11,13H2. The van der Waals surface area contributed by atoms with Gasteiger partial charge in [0.25, 0.3) is 0 Å². The summed E-state index contributed by atoms with van der Waals surface area (Å²) in [6.07, 6.45) is 5.07. The zero-order valence-corrected chi connectivity index (χ0v) is 16.3. The van der Waals surface area contributed by atoms with Gasteiger partial charge >= 0.3 is 5.97 Å². The van der Waals surface area contributed by atoms with Crippen molar-refractivity contribution >= 4 is 27.3 Å². The molecular formula is C20H16N2O4S2. The maximum Gasteiger partial charge on any atom is 0.338 e. The van der Waals surface area contributed by atoms with Gasteiger partial charge in [0.1, 0.15) is 11.6 Å². The number of sulfonamides is 1. The van der Waals surface area contributed by atoms with Crippen molar-refractivity contribution in [2.75, 3.05) is 6.54 Å². The van der Waals surface area contributed by atoms with Crippen LogP contribution in [-0.4, -0.2) is 25.9 Å². The largest absolute Gasteiger partial charge is 0.456 e. The van der Waals surface area contributed by atoms with Crippen molar-refractivity contribution < 1.29 is 17.9 Å². The van der Waals surface area contributed by atoms with Crippen molar-refractivity contribution in [3.63, 3.8) is 0 Å². The highest BCUT2D eigenvalue weighted by atomic mass is 32.2. The van der Waals surface area contributed by atoms with E-state index in [-0.39, 0.29) is 23.6 Å². The molecule has 0 aliphatic rings. The molecule has 28 heavy (non-hydrogen) atoms. The van der Waals surface area contributed by atoms with Crippen molar-refractivity contribution in [1.29, 1.82) is 0 Å². The van der Waals surface area contributed by atoms with Gasteiger partial charge in [-0.2, -0.15) is 4.72 Å². The zero-order valence-electron chi connectivity index (χ0n) is 14.7. The van der Waals surface area contributed by atoms with Gasteiger partial charge in [-0.15, -0.1) is 17.8 Å². The Morgan fingerprint density at radius 1 is 1.18 bits per heavy atom. The van der Waals surface area contributed by atoms with E-state index in [4.69, 9.17) is 11.2 Å². The number of hydrogen-bond donors (Lipinski definition) is 1. The van der Waals surface area contributed by atoms with Crippen molar-refractivity contribution in [3.05, 3.63) is 71.2 Å². The van der Waals surface area contributed by atoms with Crippen LogP contribution in [0.2, 0.25) is 0 Å². The summed E-state index contributed by atoms with van der Waals surface area (Å²) in [6, 6.07) is 15.3. The lowest BCUT2D eigenvalue weighted by atomic mass is 10.2. The number of ether oxygens (including phenoxy) is 1. The molecule has 1 heterocycles. The van der Waals surface area contributed by atoms with E-state index < -0.39 is 16.0 Å². The van der Waals surface area contributed by atoms with Gasteiger partial charge in [0.2, 0.25) is 10.0 Å². The summed E-state index contributed by atoms with van der Waals surface area (Å²) in [4.78, 5) is 16.7.